The van der Waals surface area contributed by atoms with Crippen molar-refractivity contribution in [2.24, 2.45) is 5.92 Å². The zero-order chi connectivity index (χ0) is 16.4. The summed E-state index contributed by atoms with van der Waals surface area (Å²) in [6.45, 7) is 8.76. The van der Waals surface area contributed by atoms with Crippen molar-refractivity contribution in [1.29, 1.82) is 0 Å². The Bertz CT molecular complexity index is 602. The second-order valence-electron chi connectivity index (χ2n) is 5.93. The molecule has 0 spiro atoms. The molecule has 21 heavy (non-hydrogen) atoms. The van der Waals surface area contributed by atoms with Gasteiger partial charge in [0.2, 0.25) is 0 Å². The number of nitrogens with one attached hydrogen (secondary N) is 1. The van der Waals surface area contributed by atoms with Crippen molar-refractivity contribution in [2.75, 3.05) is 0 Å². The summed E-state index contributed by atoms with van der Waals surface area (Å²) in [4.78, 5) is 12.2. The Morgan fingerprint density at radius 3 is 2.33 bits per heavy atom. The van der Waals surface area contributed by atoms with Gasteiger partial charge in [0.1, 0.15) is 15.9 Å². The van der Waals surface area contributed by atoms with E-state index in [4.69, 9.17) is 4.74 Å². The fraction of sp³-hybridized carbons (Fsp3) is 0.615. The molecular weight excluding hydrogens is 378 g/mol. The van der Waals surface area contributed by atoms with Crippen LogP contribution >= 0.6 is 27.3 Å². The SMILES string of the molecule is CC(C)[C@@H](NS(=O)(=O)c1sccc1Br)C(=O)OC(C)(C)C. The lowest BCUT2D eigenvalue weighted by Crippen LogP contribution is -2.47. The number of hydrogen-bond acceptors (Lipinski definition) is 5. The Balaban J connectivity index is 2.99. The van der Waals surface area contributed by atoms with Crippen LogP contribution in [0.5, 0.6) is 0 Å². The molecule has 0 aliphatic heterocycles. The van der Waals surface area contributed by atoms with E-state index in [0.29, 0.717) is 4.47 Å². The second kappa shape index (κ2) is 6.76. The fourth-order valence-electron chi connectivity index (χ4n) is 1.51. The maximum absolute atomic E-state index is 12.4. The van der Waals surface area contributed by atoms with Crippen molar-refractivity contribution >= 4 is 43.3 Å². The quantitative estimate of drug-likeness (QED) is 0.774. The number of halogens is 1. The molecule has 0 aromatic carbocycles. The van der Waals surface area contributed by atoms with E-state index in [0.717, 1.165) is 11.3 Å². The molecule has 0 saturated carbocycles. The lowest BCUT2D eigenvalue weighted by atomic mass is 10.1. The van der Waals surface area contributed by atoms with Gasteiger partial charge in [-0.15, -0.1) is 11.3 Å². The van der Waals surface area contributed by atoms with Gasteiger partial charge >= 0.3 is 5.97 Å². The van der Waals surface area contributed by atoms with Crippen LogP contribution in [0.1, 0.15) is 34.6 Å². The van der Waals surface area contributed by atoms with E-state index in [2.05, 4.69) is 20.7 Å². The van der Waals surface area contributed by atoms with E-state index in [1.165, 1.54) is 0 Å². The minimum atomic E-state index is -3.77. The number of esters is 1. The molecular formula is C13H20BrNO4S2. The van der Waals surface area contributed by atoms with Gasteiger partial charge in [0.25, 0.3) is 10.0 Å². The molecule has 0 aliphatic carbocycles. The molecule has 5 nitrogen and oxygen atoms in total. The Morgan fingerprint density at radius 2 is 1.95 bits per heavy atom. The Hall–Kier alpha value is -0.440. The first-order chi connectivity index (χ1) is 9.44. The molecule has 0 bridgehead atoms. The van der Waals surface area contributed by atoms with Gasteiger partial charge in [0.05, 0.1) is 0 Å². The van der Waals surface area contributed by atoms with E-state index in [-0.39, 0.29) is 10.1 Å². The molecule has 1 atom stereocenters. The molecule has 1 aromatic rings. The van der Waals surface area contributed by atoms with Crippen LogP contribution in [0, 0.1) is 5.92 Å². The topological polar surface area (TPSA) is 72.5 Å². The maximum atomic E-state index is 12.4. The van der Waals surface area contributed by atoms with E-state index < -0.39 is 27.6 Å². The Labute approximate surface area is 138 Å². The van der Waals surface area contributed by atoms with Crippen LogP contribution < -0.4 is 4.72 Å². The monoisotopic (exact) mass is 397 g/mol. The highest BCUT2D eigenvalue weighted by molar-refractivity contribution is 9.10. The van der Waals surface area contributed by atoms with Crippen LogP contribution in [0.25, 0.3) is 0 Å². The van der Waals surface area contributed by atoms with Gasteiger partial charge in [0, 0.05) is 4.47 Å². The van der Waals surface area contributed by atoms with Crippen molar-refractivity contribution in [3.63, 3.8) is 0 Å². The molecule has 0 fully saturated rings. The molecule has 1 heterocycles. The summed E-state index contributed by atoms with van der Waals surface area (Å²) in [5.41, 5.74) is -0.667. The third-order valence-electron chi connectivity index (χ3n) is 2.44. The number of rotatable bonds is 5. The van der Waals surface area contributed by atoms with Crippen LogP contribution in [-0.4, -0.2) is 26.0 Å². The maximum Gasteiger partial charge on any atom is 0.324 e. The Morgan fingerprint density at radius 1 is 1.38 bits per heavy atom. The van der Waals surface area contributed by atoms with Crippen LogP contribution in [0.3, 0.4) is 0 Å². The first-order valence-corrected chi connectivity index (χ1v) is 9.58. The summed E-state index contributed by atoms with van der Waals surface area (Å²) in [7, 11) is -3.77. The molecule has 1 rings (SSSR count). The number of ether oxygens (including phenoxy) is 1. The summed E-state index contributed by atoms with van der Waals surface area (Å²) >= 11 is 4.28. The predicted molar refractivity (Wildman–Crippen MR) is 86.8 cm³/mol. The van der Waals surface area contributed by atoms with E-state index in [9.17, 15) is 13.2 Å². The summed E-state index contributed by atoms with van der Waals surface area (Å²) < 4.78 is 33.1. The molecule has 8 heteroatoms. The second-order valence-corrected chi connectivity index (χ2v) is 9.61. The number of hydrogen-bond donors (Lipinski definition) is 1. The van der Waals surface area contributed by atoms with E-state index in [1.54, 1.807) is 46.1 Å². The normalized spacial score (nSPS) is 14.2. The fourth-order valence-corrected chi connectivity index (χ4v) is 5.20. The van der Waals surface area contributed by atoms with Crippen LogP contribution in [-0.2, 0) is 19.6 Å². The highest BCUT2D eigenvalue weighted by Gasteiger charge is 2.33. The standard InChI is InChI=1S/C13H20BrNO4S2/c1-8(2)10(11(16)19-13(3,4)5)15-21(17,18)12-9(14)6-7-20-12/h6-8,10,15H,1-5H3/t10-/m1/s1. The van der Waals surface area contributed by atoms with Crippen LogP contribution in [0.15, 0.2) is 20.1 Å². The first-order valence-electron chi connectivity index (χ1n) is 6.42. The van der Waals surface area contributed by atoms with Crippen LogP contribution in [0.2, 0.25) is 0 Å². The minimum absolute atomic E-state index is 0.150. The van der Waals surface area contributed by atoms with Crippen molar-refractivity contribution in [1.82, 2.24) is 4.72 Å². The number of sulfonamides is 1. The van der Waals surface area contributed by atoms with Gasteiger partial charge < -0.3 is 4.74 Å². The molecule has 120 valence electrons. The first kappa shape index (κ1) is 18.6. The summed E-state index contributed by atoms with van der Waals surface area (Å²) in [5.74, 6) is -0.804. The van der Waals surface area contributed by atoms with Gasteiger partial charge in [-0.25, -0.2) is 8.42 Å². The third-order valence-corrected chi connectivity index (χ3v) is 6.55. The van der Waals surface area contributed by atoms with E-state index >= 15 is 0 Å². The molecule has 0 amide bonds. The minimum Gasteiger partial charge on any atom is -0.459 e. The molecule has 0 aliphatic rings. The highest BCUT2D eigenvalue weighted by atomic mass is 79.9. The van der Waals surface area contributed by atoms with Gasteiger partial charge in [0.15, 0.2) is 0 Å². The molecule has 1 aromatic heterocycles. The summed E-state index contributed by atoms with van der Waals surface area (Å²) in [5, 5.41) is 1.66. The van der Waals surface area contributed by atoms with Gasteiger partial charge in [-0.05, 0) is 54.1 Å². The molecule has 1 N–H and O–H groups in total. The number of carbonyl (C=O) groups excluding carboxylic acids is 1. The smallest absolute Gasteiger partial charge is 0.324 e. The summed E-state index contributed by atoms with van der Waals surface area (Å²) in [6.07, 6.45) is 0. The van der Waals surface area contributed by atoms with Crippen LogP contribution in [0.4, 0.5) is 0 Å². The van der Waals surface area contributed by atoms with Crippen molar-refractivity contribution < 1.29 is 17.9 Å². The lowest BCUT2D eigenvalue weighted by Gasteiger charge is -2.26. The lowest BCUT2D eigenvalue weighted by molar-refractivity contribution is -0.158. The molecule has 0 saturated heterocycles. The number of thiophene rings is 1. The third kappa shape index (κ3) is 5.36. The molecule has 0 unspecified atom stereocenters. The van der Waals surface area contributed by atoms with Gasteiger partial charge in [-0.3, -0.25) is 4.79 Å². The zero-order valence-corrected chi connectivity index (χ0v) is 15.9. The predicted octanol–water partition coefficient (Wildman–Crippen LogP) is 3.16. The number of carbonyl (C=O) groups is 1. The van der Waals surface area contributed by atoms with Crippen molar-refractivity contribution in [2.45, 2.75) is 50.5 Å². The van der Waals surface area contributed by atoms with Gasteiger partial charge in [-0.1, -0.05) is 13.8 Å². The largest absolute Gasteiger partial charge is 0.459 e. The average molecular weight is 398 g/mol. The molecule has 0 radical (unpaired) electrons. The Kier molecular flexibility index (Phi) is 5.99. The van der Waals surface area contributed by atoms with E-state index in [1.807, 2.05) is 0 Å². The van der Waals surface area contributed by atoms with Crippen molar-refractivity contribution in [3.8, 4) is 0 Å². The van der Waals surface area contributed by atoms with Crippen molar-refractivity contribution in [3.05, 3.63) is 15.9 Å². The average Bonchev–Trinajstić information content (AvgIpc) is 2.70. The highest BCUT2D eigenvalue weighted by Crippen LogP contribution is 2.28. The summed E-state index contributed by atoms with van der Waals surface area (Å²) in [6, 6.07) is 0.722. The van der Waals surface area contributed by atoms with Gasteiger partial charge in [-0.2, -0.15) is 4.72 Å². The zero-order valence-electron chi connectivity index (χ0n) is 12.6.